The maximum Gasteiger partial charge on any atom is 0.161 e. The monoisotopic (exact) mass is 398 g/mol. The Balaban J connectivity index is 1.47. The smallest absolute Gasteiger partial charge is 0.161 e. The van der Waals surface area contributed by atoms with E-state index in [4.69, 9.17) is 14.2 Å². The molecule has 0 aromatic heterocycles. The molecule has 0 saturated carbocycles. The highest BCUT2D eigenvalue weighted by Gasteiger charge is 2.34. The molecule has 0 unspecified atom stereocenters. The third-order valence-electron chi connectivity index (χ3n) is 6.22. The topological polar surface area (TPSA) is 54.4 Å². The van der Waals surface area contributed by atoms with Crippen molar-refractivity contribution in [3.05, 3.63) is 47.5 Å². The Morgan fingerprint density at radius 3 is 2.00 bits per heavy atom. The van der Waals surface area contributed by atoms with Crippen molar-refractivity contribution in [3.8, 4) is 17.2 Å². The lowest BCUT2D eigenvalue weighted by Crippen LogP contribution is -2.56. The lowest BCUT2D eigenvalue weighted by Gasteiger charge is -2.44. The minimum absolute atomic E-state index is 0.125. The molecule has 6 heteroatoms. The van der Waals surface area contributed by atoms with Crippen molar-refractivity contribution in [2.75, 3.05) is 52.4 Å². The number of ether oxygens (including phenoxy) is 3. The fourth-order valence-corrected chi connectivity index (χ4v) is 4.62. The van der Waals surface area contributed by atoms with E-state index in [2.05, 4.69) is 21.9 Å². The number of methoxy groups -OCH3 is 3. The predicted molar refractivity (Wildman–Crippen MR) is 114 cm³/mol. The molecule has 1 aliphatic heterocycles. The molecule has 6 nitrogen and oxygen atoms in total. The molecule has 4 rings (SSSR count). The molecule has 2 aromatic rings. The van der Waals surface area contributed by atoms with Gasteiger partial charge in [-0.1, -0.05) is 12.1 Å². The van der Waals surface area contributed by atoms with Gasteiger partial charge in [-0.3, -0.25) is 4.90 Å². The summed E-state index contributed by atoms with van der Waals surface area (Å²) in [6.45, 7) is 3.68. The van der Waals surface area contributed by atoms with E-state index in [-0.39, 0.29) is 12.1 Å². The van der Waals surface area contributed by atoms with Crippen LogP contribution in [0.25, 0.3) is 0 Å². The second kappa shape index (κ2) is 8.51. The van der Waals surface area contributed by atoms with Gasteiger partial charge in [0, 0.05) is 38.6 Å². The Hall–Kier alpha value is -2.44. The van der Waals surface area contributed by atoms with Crippen LogP contribution in [0.15, 0.2) is 36.4 Å². The standard InChI is InChI=1S/C23H30N2O4/c1-27-21-7-5-4-6-18(21)24-8-10-25(11-9-24)19-12-16-14-22(28-2)23(29-3)15-17(16)13-20(19)26/h4-7,14-15,19-20,26H,8-13H2,1-3H3/t19-,20-/m1/s1. The van der Waals surface area contributed by atoms with Gasteiger partial charge in [0.15, 0.2) is 11.5 Å². The Bertz CT molecular complexity index is 849. The first-order chi connectivity index (χ1) is 14.1. The van der Waals surface area contributed by atoms with Crippen LogP contribution in [0.3, 0.4) is 0 Å². The van der Waals surface area contributed by atoms with Gasteiger partial charge in [-0.25, -0.2) is 0 Å². The highest BCUT2D eigenvalue weighted by Crippen LogP contribution is 2.36. The Morgan fingerprint density at radius 2 is 1.38 bits per heavy atom. The number of nitrogens with zero attached hydrogens (tertiary/aromatic N) is 2. The average Bonchev–Trinajstić information content (AvgIpc) is 2.77. The van der Waals surface area contributed by atoms with Crippen LogP contribution in [0.1, 0.15) is 11.1 Å². The van der Waals surface area contributed by atoms with Crippen LogP contribution in [0, 0.1) is 0 Å². The van der Waals surface area contributed by atoms with Crippen LogP contribution < -0.4 is 19.1 Å². The zero-order valence-corrected chi connectivity index (χ0v) is 17.4. The molecule has 1 fully saturated rings. The van der Waals surface area contributed by atoms with Crippen LogP contribution in [-0.4, -0.2) is 69.7 Å². The minimum atomic E-state index is -0.376. The molecule has 2 aliphatic rings. The average molecular weight is 399 g/mol. The summed E-state index contributed by atoms with van der Waals surface area (Å²) in [5, 5.41) is 10.9. The molecule has 2 atom stereocenters. The van der Waals surface area contributed by atoms with Gasteiger partial charge in [0.05, 0.1) is 33.1 Å². The predicted octanol–water partition coefficient (Wildman–Crippen LogP) is 2.36. The first-order valence-corrected chi connectivity index (χ1v) is 10.2. The van der Waals surface area contributed by atoms with E-state index in [0.717, 1.165) is 61.1 Å². The van der Waals surface area contributed by atoms with Crippen LogP contribution >= 0.6 is 0 Å². The van der Waals surface area contributed by atoms with E-state index in [1.165, 1.54) is 5.56 Å². The third kappa shape index (κ3) is 3.87. The largest absolute Gasteiger partial charge is 0.495 e. The maximum atomic E-state index is 10.9. The lowest BCUT2D eigenvalue weighted by molar-refractivity contribution is 0.0393. The number of hydrogen-bond donors (Lipinski definition) is 1. The van der Waals surface area contributed by atoms with Gasteiger partial charge in [-0.2, -0.15) is 0 Å². The molecule has 1 saturated heterocycles. The quantitative estimate of drug-likeness (QED) is 0.835. The molecule has 29 heavy (non-hydrogen) atoms. The van der Waals surface area contributed by atoms with E-state index >= 15 is 0 Å². The van der Waals surface area contributed by atoms with Gasteiger partial charge < -0.3 is 24.2 Å². The molecular weight excluding hydrogens is 368 g/mol. The summed E-state index contributed by atoms with van der Waals surface area (Å²) in [6, 6.07) is 12.4. The van der Waals surface area contributed by atoms with Crippen molar-refractivity contribution in [2.24, 2.45) is 0 Å². The number of para-hydroxylation sites is 2. The number of anilines is 1. The lowest BCUT2D eigenvalue weighted by atomic mass is 9.84. The van der Waals surface area contributed by atoms with Crippen molar-refractivity contribution in [2.45, 2.75) is 25.0 Å². The van der Waals surface area contributed by atoms with Crippen molar-refractivity contribution in [1.29, 1.82) is 0 Å². The molecule has 156 valence electrons. The van der Waals surface area contributed by atoms with Crippen LogP contribution in [0.5, 0.6) is 17.2 Å². The summed E-state index contributed by atoms with van der Waals surface area (Å²) in [6.07, 6.45) is 1.09. The summed E-state index contributed by atoms with van der Waals surface area (Å²) in [5.41, 5.74) is 3.53. The maximum absolute atomic E-state index is 10.9. The van der Waals surface area contributed by atoms with Gasteiger partial charge >= 0.3 is 0 Å². The van der Waals surface area contributed by atoms with Crippen LogP contribution in [0.2, 0.25) is 0 Å². The fourth-order valence-electron chi connectivity index (χ4n) is 4.62. The van der Waals surface area contributed by atoms with E-state index in [0.29, 0.717) is 6.42 Å². The van der Waals surface area contributed by atoms with E-state index in [1.54, 1.807) is 21.3 Å². The van der Waals surface area contributed by atoms with Gasteiger partial charge in [-0.15, -0.1) is 0 Å². The van der Waals surface area contributed by atoms with E-state index in [9.17, 15) is 5.11 Å². The van der Waals surface area contributed by atoms with Crippen LogP contribution in [-0.2, 0) is 12.8 Å². The molecule has 0 radical (unpaired) electrons. The number of benzene rings is 2. The SMILES string of the molecule is COc1cc2c(cc1OC)C[C@@H](N1CCN(c3ccccc3OC)CC1)[C@H](O)C2. The molecule has 0 spiro atoms. The van der Waals surface area contributed by atoms with Crippen molar-refractivity contribution in [3.63, 3.8) is 0 Å². The molecule has 1 aliphatic carbocycles. The van der Waals surface area contributed by atoms with Gasteiger partial charge in [0.25, 0.3) is 0 Å². The number of aliphatic hydroxyl groups excluding tert-OH is 1. The Labute approximate surface area is 172 Å². The molecule has 0 amide bonds. The van der Waals surface area contributed by atoms with Crippen molar-refractivity contribution >= 4 is 5.69 Å². The highest BCUT2D eigenvalue weighted by atomic mass is 16.5. The van der Waals surface area contributed by atoms with Gasteiger partial charge in [0.2, 0.25) is 0 Å². The summed E-state index contributed by atoms with van der Waals surface area (Å²) < 4.78 is 16.4. The minimum Gasteiger partial charge on any atom is -0.495 e. The molecule has 2 aromatic carbocycles. The zero-order valence-electron chi connectivity index (χ0n) is 17.4. The molecular formula is C23H30N2O4. The summed E-state index contributed by atoms with van der Waals surface area (Å²) in [7, 11) is 5.03. The van der Waals surface area contributed by atoms with E-state index in [1.807, 2.05) is 24.3 Å². The zero-order chi connectivity index (χ0) is 20.4. The summed E-state index contributed by atoms with van der Waals surface area (Å²) in [5.74, 6) is 2.39. The second-order valence-electron chi connectivity index (χ2n) is 7.71. The number of fused-ring (bicyclic) bond motifs is 1. The molecule has 0 bridgehead atoms. The van der Waals surface area contributed by atoms with Crippen molar-refractivity contribution in [1.82, 2.24) is 4.90 Å². The first kappa shape index (κ1) is 19.9. The fraction of sp³-hybridized carbons (Fsp3) is 0.478. The normalized spacial score (nSPS) is 22.1. The Kier molecular flexibility index (Phi) is 5.83. The summed E-state index contributed by atoms with van der Waals surface area (Å²) >= 11 is 0. The van der Waals surface area contributed by atoms with Crippen LogP contribution in [0.4, 0.5) is 5.69 Å². The van der Waals surface area contributed by atoms with Gasteiger partial charge in [0.1, 0.15) is 5.75 Å². The number of hydrogen-bond acceptors (Lipinski definition) is 6. The number of piperazine rings is 1. The summed E-state index contributed by atoms with van der Waals surface area (Å²) in [4.78, 5) is 4.79. The number of rotatable bonds is 5. The third-order valence-corrected chi connectivity index (χ3v) is 6.22. The van der Waals surface area contributed by atoms with E-state index < -0.39 is 0 Å². The highest BCUT2D eigenvalue weighted by molar-refractivity contribution is 5.58. The molecule has 1 heterocycles. The Morgan fingerprint density at radius 1 is 0.793 bits per heavy atom. The van der Waals surface area contributed by atoms with Crippen molar-refractivity contribution < 1.29 is 19.3 Å². The number of aliphatic hydroxyl groups is 1. The van der Waals surface area contributed by atoms with Gasteiger partial charge in [-0.05, 0) is 41.8 Å². The first-order valence-electron chi connectivity index (χ1n) is 10.2. The molecule has 1 N–H and O–H groups in total. The second-order valence-corrected chi connectivity index (χ2v) is 7.71.